The number of hydrogen-bond donors (Lipinski definition) is 0. The first kappa shape index (κ1) is 8.99. The van der Waals surface area contributed by atoms with E-state index in [2.05, 4.69) is 0 Å². The van der Waals surface area contributed by atoms with Gasteiger partial charge in [0.2, 0.25) is 5.91 Å². The van der Waals surface area contributed by atoms with Crippen LogP contribution in [0.1, 0.15) is 27.2 Å². The Morgan fingerprint density at radius 3 is 2.31 bits per heavy atom. The molecule has 2 saturated heterocycles. The second kappa shape index (κ2) is 2.08. The van der Waals surface area contributed by atoms with E-state index in [0.717, 1.165) is 0 Å². The molecule has 2 aliphatic heterocycles. The number of amides is 1. The van der Waals surface area contributed by atoms with Crippen LogP contribution < -0.4 is 0 Å². The maximum absolute atomic E-state index is 11.8. The lowest BCUT2D eigenvalue weighted by atomic mass is 10.0. The minimum atomic E-state index is -3.14. The highest BCUT2D eigenvalue weighted by atomic mass is 32.2. The second-order valence-electron chi connectivity index (χ2n) is 4.28. The van der Waals surface area contributed by atoms with Crippen LogP contribution in [0.5, 0.6) is 0 Å². The number of β-lactam (4-membered cyclic amide) rings is 1. The maximum atomic E-state index is 11.8. The SMILES string of the molecule is CC1N2C(=O)CC2S(=O)(=O)C1(C)C. The molecule has 0 radical (unpaired) electrons. The summed E-state index contributed by atoms with van der Waals surface area (Å²) in [7, 11) is -3.14. The zero-order chi connectivity index (χ0) is 10.0. The summed E-state index contributed by atoms with van der Waals surface area (Å²) in [4.78, 5) is 12.7. The van der Waals surface area contributed by atoms with Gasteiger partial charge in [-0.3, -0.25) is 4.79 Å². The average Bonchev–Trinajstić information content (AvgIpc) is 2.07. The van der Waals surface area contributed by atoms with E-state index in [4.69, 9.17) is 0 Å². The smallest absolute Gasteiger partial charge is 0.227 e. The fourth-order valence-corrected chi connectivity index (χ4v) is 4.30. The molecule has 0 aromatic rings. The van der Waals surface area contributed by atoms with Crippen molar-refractivity contribution in [2.45, 2.75) is 43.4 Å². The molecule has 0 spiro atoms. The minimum Gasteiger partial charge on any atom is -0.321 e. The molecule has 1 amide bonds. The third-order valence-corrected chi connectivity index (χ3v) is 6.38. The molecule has 13 heavy (non-hydrogen) atoms. The first-order valence-corrected chi connectivity index (χ1v) is 5.89. The zero-order valence-electron chi connectivity index (χ0n) is 7.94. The Bertz CT molecular complexity index is 371. The maximum Gasteiger partial charge on any atom is 0.227 e. The van der Waals surface area contributed by atoms with Crippen LogP contribution in [-0.4, -0.2) is 35.4 Å². The molecule has 0 aromatic heterocycles. The molecule has 2 aliphatic rings. The summed E-state index contributed by atoms with van der Waals surface area (Å²) in [5.74, 6) is -0.0355. The topological polar surface area (TPSA) is 54.5 Å². The molecule has 0 bridgehead atoms. The predicted octanol–water partition coefficient (Wildman–Crippen LogP) is 0.140. The Balaban J connectivity index is 2.53. The number of hydrogen-bond acceptors (Lipinski definition) is 3. The van der Waals surface area contributed by atoms with Crippen LogP contribution in [0.3, 0.4) is 0 Å². The van der Waals surface area contributed by atoms with Crippen LogP contribution in [0.25, 0.3) is 0 Å². The Kier molecular flexibility index (Phi) is 1.44. The molecular formula is C8H13NO3S. The number of carbonyl (C=O) groups excluding carboxylic acids is 1. The fourth-order valence-electron chi connectivity index (χ4n) is 2.05. The molecule has 4 nitrogen and oxygen atoms in total. The average molecular weight is 203 g/mol. The molecule has 0 saturated carbocycles. The van der Waals surface area contributed by atoms with Crippen molar-refractivity contribution < 1.29 is 13.2 Å². The molecule has 2 rings (SSSR count). The van der Waals surface area contributed by atoms with E-state index in [1.54, 1.807) is 20.8 Å². The summed E-state index contributed by atoms with van der Waals surface area (Å²) in [6, 6.07) is -0.191. The van der Waals surface area contributed by atoms with Crippen molar-refractivity contribution in [2.24, 2.45) is 0 Å². The lowest BCUT2D eigenvalue weighted by Crippen LogP contribution is -2.53. The van der Waals surface area contributed by atoms with Crippen LogP contribution in [-0.2, 0) is 14.6 Å². The van der Waals surface area contributed by atoms with E-state index < -0.39 is 20.0 Å². The Morgan fingerprint density at radius 2 is 2.00 bits per heavy atom. The molecule has 2 unspecified atom stereocenters. The summed E-state index contributed by atoms with van der Waals surface area (Å²) < 4.78 is 22.9. The van der Waals surface area contributed by atoms with Crippen molar-refractivity contribution in [3.05, 3.63) is 0 Å². The fraction of sp³-hybridized carbons (Fsp3) is 0.875. The van der Waals surface area contributed by atoms with E-state index >= 15 is 0 Å². The highest BCUT2D eigenvalue weighted by Gasteiger charge is 2.63. The zero-order valence-corrected chi connectivity index (χ0v) is 8.76. The number of fused-ring (bicyclic) bond motifs is 1. The van der Waals surface area contributed by atoms with Gasteiger partial charge >= 0.3 is 0 Å². The highest BCUT2D eigenvalue weighted by molar-refractivity contribution is 7.93. The Morgan fingerprint density at radius 1 is 1.46 bits per heavy atom. The largest absolute Gasteiger partial charge is 0.321 e. The van der Waals surface area contributed by atoms with Crippen molar-refractivity contribution in [1.29, 1.82) is 0 Å². The van der Waals surface area contributed by atoms with E-state index in [9.17, 15) is 13.2 Å². The summed E-state index contributed by atoms with van der Waals surface area (Å²) in [6.45, 7) is 5.19. The lowest BCUT2D eigenvalue weighted by Gasteiger charge is -2.35. The van der Waals surface area contributed by atoms with Crippen LogP contribution >= 0.6 is 0 Å². The van der Waals surface area contributed by atoms with Gasteiger partial charge in [0.05, 0.1) is 11.2 Å². The van der Waals surface area contributed by atoms with Gasteiger partial charge in [-0.1, -0.05) is 0 Å². The lowest BCUT2D eigenvalue weighted by molar-refractivity contribution is -0.143. The number of carbonyl (C=O) groups is 1. The molecular weight excluding hydrogens is 190 g/mol. The molecule has 0 aliphatic carbocycles. The Hall–Kier alpha value is -0.580. The van der Waals surface area contributed by atoms with Crippen LogP contribution in [0.4, 0.5) is 0 Å². The summed E-state index contributed by atoms with van der Waals surface area (Å²) in [5.41, 5.74) is 0. The van der Waals surface area contributed by atoms with Gasteiger partial charge in [0.1, 0.15) is 5.37 Å². The van der Waals surface area contributed by atoms with Crippen molar-refractivity contribution >= 4 is 15.7 Å². The molecule has 0 aromatic carbocycles. The second-order valence-corrected chi connectivity index (χ2v) is 6.97. The predicted molar refractivity (Wildman–Crippen MR) is 47.7 cm³/mol. The van der Waals surface area contributed by atoms with E-state index in [1.807, 2.05) is 0 Å². The highest BCUT2D eigenvalue weighted by Crippen LogP contribution is 2.45. The van der Waals surface area contributed by atoms with Crippen molar-refractivity contribution in [1.82, 2.24) is 4.90 Å². The van der Waals surface area contributed by atoms with Crippen molar-refractivity contribution in [3.8, 4) is 0 Å². The van der Waals surface area contributed by atoms with E-state index in [0.29, 0.717) is 0 Å². The van der Waals surface area contributed by atoms with Crippen molar-refractivity contribution in [2.75, 3.05) is 0 Å². The number of sulfone groups is 1. The van der Waals surface area contributed by atoms with Gasteiger partial charge in [-0.25, -0.2) is 8.42 Å². The quantitative estimate of drug-likeness (QED) is 0.526. The van der Waals surface area contributed by atoms with E-state index in [1.165, 1.54) is 4.90 Å². The van der Waals surface area contributed by atoms with E-state index in [-0.39, 0.29) is 18.4 Å². The minimum absolute atomic E-state index is 0.0355. The summed E-state index contributed by atoms with van der Waals surface area (Å²) >= 11 is 0. The van der Waals surface area contributed by atoms with Gasteiger partial charge in [0, 0.05) is 6.04 Å². The summed E-state index contributed by atoms with van der Waals surface area (Å²) in [5, 5.41) is -0.537. The van der Waals surface area contributed by atoms with Crippen molar-refractivity contribution in [3.63, 3.8) is 0 Å². The van der Waals surface area contributed by atoms with Gasteiger partial charge in [-0.05, 0) is 20.8 Å². The first-order chi connectivity index (χ1) is 5.80. The monoisotopic (exact) mass is 203 g/mol. The molecule has 2 heterocycles. The van der Waals surface area contributed by atoms with Crippen LogP contribution in [0, 0.1) is 0 Å². The molecule has 2 fully saturated rings. The number of nitrogens with zero attached hydrogens (tertiary/aromatic N) is 1. The van der Waals surface area contributed by atoms with Crippen LogP contribution in [0.15, 0.2) is 0 Å². The first-order valence-electron chi connectivity index (χ1n) is 4.35. The molecule has 2 atom stereocenters. The van der Waals surface area contributed by atoms with Gasteiger partial charge in [-0.2, -0.15) is 0 Å². The standard InChI is InChI=1S/C8H13NO3S/c1-5-8(2,3)13(11,12)7-4-6(10)9(5)7/h5,7H,4H2,1-3H3. The van der Waals surface area contributed by atoms with Gasteiger partial charge in [-0.15, -0.1) is 0 Å². The molecule has 0 N–H and O–H groups in total. The molecule has 5 heteroatoms. The molecule has 74 valence electrons. The third kappa shape index (κ3) is 0.764. The third-order valence-electron chi connectivity index (χ3n) is 3.46. The normalized spacial score (nSPS) is 39.9. The number of rotatable bonds is 0. The van der Waals surface area contributed by atoms with Gasteiger partial charge in [0.25, 0.3) is 0 Å². The summed E-state index contributed by atoms with van der Waals surface area (Å²) in [6.07, 6.45) is 0.177. The van der Waals surface area contributed by atoms with Crippen LogP contribution in [0.2, 0.25) is 0 Å². The van der Waals surface area contributed by atoms with Gasteiger partial charge < -0.3 is 4.90 Å². The Labute approximate surface area is 77.8 Å². The van der Waals surface area contributed by atoms with Gasteiger partial charge in [0.15, 0.2) is 9.84 Å².